The van der Waals surface area contributed by atoms with Crippen molar-refractivity contribution in [1.29, 1.82) is 0 Å². The molecule has 0 radical (unpaired) electrons. The van der Waals surface area contributed by atoms with Crippen LogP contribution in [0, 0.1) is 5.92 Å². The van der Waals surface area contributed by atoms with Crippen molar-refractivity contribution in [3.8, 4) is 5.75 Å². The summed E-state index contributed by atoms with van der Waals surface area (Å²) in [5.74, 6) is 0.645. The van der Waals surface area contributed by atoms with E-state index in [0.717, 1.165) is 87.4 Å². The molecule has 3 N–H and O–H groups in total. The van der Waals surface area contributed by atoms with E-state index in [4.69, 9.17) is 9.84 Å². The van der Waals surface area contributed by atoms with Crippen LogP contribution in [0.5, 0.6) is 5.75 Å². The number of urea groups is 1. The van der Waals surface area contributed by atoms with Crippen LogP contribution in [0.25, 0.3) is 10.9 Å². The molecular formula is C37H41F3N10O4. The van der Waals surface area contributed by atoms with Gasteiger partial charge in [0.25, 0.3) is 5.91 Å². The number of alkyl halides is 3. The van der Waals surface area contributed by atoms with E-state index in [0.29, 0.717) is 29.4 Å². The van der Waals surface area contributed by atoms with Crippen LogP contribution in [0.15, 0.2) is 72.6 Å². The molecule has 2 saturated heterocycles. The number of amides is 4. The zero-order valence-corrected chi connectivity index (χ0v) is 29.7. The Morgan fingerprint density at radius 2 is 1.85 bits per heavy atom. The Morgan fingerprint density at radius 1 is 1.06 bits per heavy atom. The Bertz CT molecular complexity index is 2050. The van der Waals surface area contributed by atoms with Crippen molar-refractivity contribution in [1.82, 2.24) is 45.0 Å². The largest absolute Gasteiger partial charge is 0.494 e. The molecule has 0 bridgehead atoms. The van der Waals surface area contributed by atoms with Crippen molar-refractivity contribution >= 4 is 34.4 Å². The maximum absolute atomic E-state index is 13.2. The average Bonchev–Trinajstić information content (AvgIpc) is 3.78. The van der Waals surface area contributed by atoms with E-state index in [-0.39, 0.29) is 30.2 Å². The topological polar surface area (TPSA) is 140 Å². The van der Waals surface area contributed by atoms with Gasteiger partial charge in [0.15, 0.2) is 0 Å². The number of rotatable bonds is 8. The summed E-state index contributed by atoms with van der Waals surface area (Å²) in [7, 11) is 1.46. The van der Waals surface area contributed by atoms with E-state index in [1.165, 1.54) is 13.2 Å². The number of hydrogen-bond donors (Lipinski definition) is 3. The number of piperazine rings is 1. The molecule has 1 unspecified atom stereocenters. The number of anilines is 1. The molecule has 6 heterocycles. The van der Waals surface area contributed by atoms with Gasteiger partial charge in [-0.05, 0) is 62.0 Å². The Morgan fingerprint density at radius 3 is 2.59 bits per heavy atom. The molecule has 1 atom stereocenters. The van der Waals surface area contributed by atoms with Gasteiger partial charge < -0.3 is 25.2 Å². The van der Waals surface area contributed by atoms with Gasteiger partial charge in [0.05, 0.1) is 24.4 Å². The van der Waals surface area contributed by atoms with Crippen LogP contribution in [0.2, 0.25) is 0 Å². The minimum atomic E-state index is -4.66. The number of nitrogens with zero attached hydrogens (tertiary/aromatic N) is 7. The fraction of sp³-hybridized carbons (Fsp3) is 0.432. The first-order chi connectivity index (χ1) is 26.0. The average molecular weight is 747 g/mol. The lowest BCUT2D eigenvalue weighted by Crippen LogP contribution is -2.51. The van der Waals surface area contributed by atoms with E-state index >= 15 is 0 Å². The third kappa shape index (κ3) is 7.19. The molecule has 4 aliphatic heterocycles. The minimum Gasteiger partial charge on any atom is -0.494 e. The first-order valence-electron chi connectivity index (χ1n) is 18.2. The molecule has 3 aromatic rings. The fourth-order valence-corrected chi connectivity index (χ4v) is 7.92. The van der Waals surface area contributed by atoms with Gasteiger partial charge in [-0.1, -0.05) is 6.07 Å². The van der Waals surface area contributed by atoms with E-state index < -0.39 is 23.8 Å². The number of methoxy groups -OCH3 is 1. The molecular weight excluding hydrogens is 705 g/mol. The number of pyridine rings is 1. The van der Waals surface area contributed by atoms with Gasteiger partial charge in [0, 0.05) is 81.4 Å². The second-order valence-electron chi connectivity index (χ2n) is 14.2. The number of carbonyl (C=O) groups excluding carboxylic acids is 3. The summed E-state index contributed by atoms with van der Waals surface area (Å²) >= 11 is 0. The highest BCUT2D eigenvalue weighted by Crippen LogP contribution is 2.36. The number of carbonyl (C=O) groups is 3. The van der Waals surface area contributed by atoms with Gasteiger partial charge in [-0.2, -0.15) is 18.3 Å². The van der Waals surface area contributed by atoms with Crippen molar-refractivity contribution in [3.63, 3.8) is 0 Å². The molecule has 1 aromatic carbocycles. The molecule has 284 valence electrons. The van der Waals surface area contributed by atoms with Crippen LogP contribution in [0.1, 0.15) is 54.3 Å². The molecule has 4 amide bonds. The quantitative estimate of drug-likeness (QED) is 0.303. The summed E-state index contributed by atoms with van der Waals surface area (Å²) in [6, 6.07) is 6.49. The second kappa shape index (κ2) is 14.3. The predicted molar refractivity (Wildman–Crippen MR) is 191 cm³/mol. The van der Waals surface area contributed by atoms with Crippen LogP contribution in [0.3, 0.4) is 0 Å². The van der Waals surface area contributed by atoms with Crippen LogP contribution >= 0.6 is 0 Å². The molecule has 17 heteroatoms. The van der Waals surface area contributed by atoms with Crippen LogP contribution in [0.4, 0.5) is 23.7 Å². The zero-order valence-electron chi connectivity index (χ0n) is 29.7. The van der Waals surface area contributed by atoms with Gasteiger partial charge >= 0.3 is 12.2 Å². The van der Waals surface area contributed by atoms with Crippen LogP contribution < -0.4 is 20.7 Å². The number of hydrogen-bond acceptors (Lipinski definition) is 10. The first kappa shape index (κ1) is 35.4. The lowest BCUT2D eigenvalue weighted by Gasteiger charge is -2.41. The summed E-state index contributed by atoms with van der Waals surface area (Å²) < 4.78 is 46.9. The van der Waals surface area contributed by atoms with Gasteiger partial charge in [-0.25, -0.2) is 9.78 Å². The summed E-state index contributed by atoms with van der Waals surface area (Å²) in [4.78, 5) is 48.9. The standard InChI is InChI=1S/C37H41F3N10O4/c1-54-30-19-28-24(17-29(30)43-35(52)27-3-2-4-31(42-27)37(38,39)40)22-50(45-28)25-7-5-23(6-8-25)21-46-13-15-47(16-14-46)26-9-11-48-32(18-26)41-20-34(48)49-12-10-33(51)44-36(49)53/h2-4,9,11,17-20,22-23,25,32,41H,5-8,10,12-16,21H2,1H3,(H,43,52)(H,44,51,53). The molecule has 3 fully saturated rings. The van der Waals surface area contributed by atoms with E-state index in [2.05, 4.69) is 42.9 Å². The lowest BCUT2D eigenvalue weighted by atomic mass is 9.85. The Hall–Kier alpha value is -5.58. The monoisotopic (exact) mass is 746 g/mol. The van der Waals surface area contributed by atoms with E-state index in [9.17, 15) is 27.6 Å². The number of fused-ring (bicyclic) bond motifs is 2. The lowest BCUT2D eigenvalue weighted by molar-refractivity contribution is -0.141. The van der Waals surface area contributed by atoms with Gasteiger partial charge in [-0.15, -0.1) is 0 Å². The number of imide groups is 1. The van der Waals surface area contributed by atoms with Crippen molar-refractivity contribution in [2.75, 3.05) is 51.7 Å². The number of halogens is 3. The van der Waals surface area contributed by atoms with Crippen molar-refractivity contribution in [2.45, 2.75) is 50.5 Å². The number of benzene rings is 1. The third-order valence-electron chi connectivity index (χ3n) is 10.8. The van der Waals surface area contributed by atoms with Gasteiger partial charge in [-0.3, -0.25) is 29.4 Å². The molecule has 1 aliphatic carbocycles. The van der Waals surface area contributed by atoms with Crippen LogP contribution in [-0.2, 0) is 11.0 Å². The summed E-state index contributed by atoms with van der Waals surface area (Å²) in [5.41, 5.74) is 0.688. The molecule has 2 aromatic heterocycles. The van der Waals surface area contributed by atoms with E-state index in [1.807, 2.05) is 28.2 Å². The molecule has 0 spiro atoms. The SMILES string of the molecule is COc1cc2nn(C3CCC(CN4CCN(C5=CC6NC=C(N7CCC(=O)NC7=O)N6C=C5)CC4)CC3)cc2cc1NC(=O)c1cccc(C(F)(F)F)n1. The first-order valence-corrected chi connectivity index (χ1v) is 18.2. The summed E-state index contributed by atoms with van der Waals surface area (Å²) in [5, 5.41) is 14.0. The van der Waals surface area contributed by atoms with Crippen molar-refractivity contribution < 1.29 is 32.3 Å². The zero-order chi connectivity index (χ0) is 37.6. The normalized spacial score (nSPS) is 23.5. The number of nitrogens with one attached hydrogen (secondary N) is 3. The van der Waals surface area contributed by atoms with Gasteiger partial charge in [0.2, 0.25) is 5.91 Å². The Kier molecular flexibility index (Phi) is 9.41. The summed E-state index contributed by atoms with van der Waals surface area (Å²) in [6.07, 6.45) is 9.74. The Balaban J connectivity index is 0.820. The predicted octanol–water partition coefficient (Wildman–Crippen LogP) is 4.44. The maximum Gasteiger partial charge on any atom is 0.433 e. The molecule has 5 aliphatic rings. The van der Waals surface area contributed by atoms with Gasteiger partial charge in [0.1, 0.15) is 29.1 Å². The van der Waals surface area contributed by atoms with Crippen molar-refractivity contribution in [3.05, 3.63) is 84.0 Å². The molecule has 54 heavy (non-hydrogen) atoms. The molecule has 8 rings (SSSR count). The number of ether oxygens (including phenoxy) is 1. The molecule has 1 saturated carbocycles. The number of allylic oxidation sites excluding steroid dienone is 1. The number of aromatic nitrogens is 3. The fourth-order valence-electron chi connectivity index (χ4n) is 7.92. The highest BCUT2D eigenvalue weighted by molar-refractivity contribution is 6.05. The highest BCUT2D eigenvalue weighted by Gasteiger charge is 2.36. The van der Waals surface area contributed by atoms with Crippen LogP contribution in [-0.4, -0.2) is 105 Å². The smallest absolute Gasteiger partial charge is 0.433 e. The second-order valence-corrected chi connectivity index (χ2v) is 14.2. The Labute approximate surface area is 309 Å². The highest BCUT2D eigenvalue weighted by atomic mass is 19.4. The van der Waals surface area contributed by atoms with Crippen molar-refractivity contribution in [2.24, 2.45) is 5.92 Å². The summed E-state index contributed by atoms with van der Waals surface area (Å²) in [6.45, 7) is 5.23. The third-order valence-corrected chi connectivity index (χ3v) is 10.8. The van der Waals surface area contributed by atoms with E-state index in [1.54, 1.807) is 17.0 Å². The molecule has 14 nitrogen and oxygen atoms in total. The minimum absolute atomic E-state index is 0.0911. The maximum atomic E-state index is 13.2.